The van der Waals surface area contributed by atoms with Crippen molar-refractivity contribution in [3.8, 4) is 0 Å². The summed E-state index contributed by atoms with van der Waals surface area (Å²) in [5, 5.41) is 5.22. The van der Waals surface area contributed by atoms with E-state index in [1.54, 1.807) is 13.8 Å². The smallest absolute Gasteiger partial charge is 0.356 e. The third kappa shape index (κ3) is 7.09. The van der Waals surface area contributed by atoms with Gasteiger partial charge in [-0.15, -0.1) is 0 Å². The first-order chi connectivity index (χ1) is 18.1. The molecule has 39 heavy (non-hydrogen) atoms. The Morgan fingerprint density at radius 2 is 1.90 bits per heavy atom. The maximum Gasteiger partial charge on any atom is 0.393 e. The quantitative estimate of drug-likeness (QED) is 0.213. The molecule has 0 radical (unpaired) electrons. The minimum atomic E-state index is -4.79. The molecule has 6 atom stereocenters. The number of nitrogens with one attached hydrogen (secondary N) is 3. The van der Waals surface area contributed by atoms with Crippen LogP contribution in [0, 0.1) is 17.8 Å². The van der Waals surface area contributed by atoms with Crippen LogP contribution in [0.15, 0.2) is 0 Å². The SMILES string of the molecule is CC[C@H](C)[C@H](NC(=O)C1(F)CC1)C(=O)N1C[C@H](C(F)(F)F)C[C@H]1C(=O)NN(C[C@@H]1CCNC1=O)C(=O)[C@@H](F)Cl. The monoisotopic (exact) mass is 587 g/mol. The summed E-state index contributed by atoms with van der Waals surface area (Å²) in [6.45, 7) is 2.04. The van der Waals surface area contributed by atoms with Crippen LogP contribution in [-0.4, -0.2) is 88.6 Å². The van der Waals surface area contributed by atoms with Gasteiger partial charge in [-0.25, -0.2) is 13.8 Å². The van der Waals surface area contributed by atoms with Gasteiger partial charge in [-0.05, 0) is 31.6 Å². The molecule has 3 rings (SSSR count). The van der Waals surface area contributed by atoms with E-state index in [0.29, 0.717) is 16.3 Å². The molecule has 3 fully saturated rings. The molecular weight excluding hydrogens is 557 g/mol. The van der Waals surface area contributed by atoms with Gasteiger partial charge in [0.2, 0.25) is 11.8 Å². The number of hydrogen-bond acceptors (Lipinski definition) is 5. The standard InChI is InChI=1S/C23H31ClF5N5O5/c1-3-11(2)15(31-21(39)22(26)5-6-22)19(37)33-10-13(23(27,28)29)8-14(33)18(36)32-34(20(38)16(24)25)9-12-4-7-30-17(12)35/h11-16H,3-10H2,1-2H3,(H,30,35)(H,31,39)(H,32,36)/t11-,12-,13+,14-,15-,16+/m0/s1. The molecule has 3 N–H and O–H groups in total. The van der Waals surface area contributed by atoms with Crippen LogP contribution in [0.2, 0.25) is 0 Å². The summed E-state index contributed by atoms with van der Waals surface area (Å²) < 4.78 is 69.0. The Balaban J connectivity index is 1.85. The molecular formula is C23H31ClF5N5O5. The van der Waals surface area contributed by atoms with Gasteiger partial charge in [-0.2, -0.15) is 13.2 Å². The van der Waals surface area contributed by atoms with Crippen LogP contribution in [0.25, 0.3) is 0 Å². The van der Waals surface area contributed by atoms with Gasteiger partial charge in [0, 0.05) is 13.1 Å². The average molecular weight is 588 g/mol. The lowest BCUT2D eigenvalue weighted by atomic mass is 9.97. The summed E-state index contributed by atoms with van der Waals surface area (Å²) in [7, 11) is 0. The summed E-state index contributed by atoms with van der Waals surface area (Å²) in [4.78, 5) is 63.9. The van der Waals surface area contributed by atoms with Crippen LogP contribution >= 0.6 is 11.6 Å². The molecule has 5 amide bonds. The minimum absolute atomic E-state index is 0.0514. The van der Waals surface area contributed by atoms with Crippen LogP contribution in [-0.2, 0) is 24.0 Å². The molecule has 2 saturated heterocycles. The summed E-state index contributed by atoms with van der Waals surface area (Å²) in [5.74, 6) is -8.83. The number of halogens is 6. The minimum Gasteiger partial charge on any atom is -0.356 e. The van der Waals surface area contributed by atoms with Gasteiger partial charge in [-0.3, -0.25) is 29.4 Å². The topological polar surface area (TPSA) is 128 Å². The second kappa shape index (κ2) is 11.8. The van der Waals surface area contributed by atoms with E-state index >= 15 is 0 Å². The van der Waals surface area contributed by atoms with Crippen LogP contribution in [0.5, 0.6) is 0 Å². The highest BCUT2D eigenvalue weighted by Gasteiger charge is 2.55. The van der Waals surface area contributed by atoms with Crippen LogP contribution < -0.4 is 16.1 Å². The van der Waals surface area contributed by atoms with E-state index in [1.165, 1.54) is 0 Å². The van der Waals surface area contributed by atoms with Crippen molar-refractivity contribution in [2.75, 3.05) is 19.6 Å². The van der Waals surface area contributed by atoms with Gasteiger partial charge in [0.05, 0.1) is 18.4 Å². The summed E-state index contributed by atoms with van der Waals surface area (Å²) in [6.07, 6.45) is -5.23. The van der Waals surface area contributed by atoms with E-state index in [1.807, 2.05) is 5.43 Å². The predicted molar refractivity (Wildman–Crippen MR) is 126 cm³/mol. The van der Waals surface area contributed by atoms with E-state index in [4.69, 9.17) is 11.6 Å². The molecule has 2 aliphatic heterocycles. The average Bonchev–Trinajstić information content (AvgIpc) is 3.26. The Kier molecular flexibility index (Phi) is 9.33. The molecule has 0 aromatic heterocycles. The molecule has 1 aliphatic carbocycles. The second-order valence-electron chi connectivity index (χ2n) is 10.3. The highest BCUT2D eigenvalue weighted by molar-refractivity contribution is 6.29. The molecule has 0 aromatic carbocycles. The van der Waals surface area contributed by atoms with Gasteiger partial charge >= 0.3 is 6.18 Å². The Hall–Kier alpha value is -2.71. The fraction of sp³-hybridized carbons (Fsp3) is 0.783. The van der Waals surface area contributed by atoms with Gasteiger partial charge in [0.1, 0.15) is 12.1 Å². The number of amides is 5. The second-order valence-corrected chi connectivity index (χ2v) is 10.7. The molecule has 0 aromatic rings. The molecule has 0 spiro atoms. The van der Waals surface area contributed by atoms with E-state index in [0.717, 1.165) is 0 Å². The van der Waals surface area contributed by atoms with Crippen LogP contribution in [0.3, 0.4) is 0 Å². The fourth-order valence-electron chi connectivity index (χ4n) is 4.59. The van der Waals surface area contributed by atoms with Gasteiger partial charge < -0.3 is 15.5 Å². The Labute approximate surface area is 226 Å². The number of rotatable bonds is 9. The molecule has 16 heteroatoms. The number of carbonyl (C=O) groups excluding carboxylic acids is 5. The van der Waals surface area contributed by atoms with Crippen molar-refractivity contribution >= 4 is 41.1 Å². The lowest BCUT2D eigenvalue weighted by Gasteiger charge is -2.33. The van der Waals surface area contributed by atoms with Gasteiger partial charge in [0.15, 0.2) is 5.67 Å². The summed E-state index contributed by atoms with van der Waals surface area (Å²) in [5.41, 5.74) is -2.74. The molecule has 220 valence electrons. The van der Waals surface area contributed by atoms with Crippen molar-refractivity contribution in [3.63, 3.8) is 0 Å². The normalized spacial score (nSPS) is 26.3. The van der Waals surface area contributed by atoms with Crippen LogP contribution in [0.1, 0.15) is 46.0 Å². The van der Waals surface area contributed by atoms with E-state index < -0.39 is 96.4 Å². The van der Waals surface area contributed by atoms with Gasteiger partial charge in [0.25, 0.3) is 23.4 Å². The zero-order valence-electron chi connectivity index (χ0n) is 21.3. The molecule has 2 heterocycles. The van der Waals surface area contributed by atoms with E-state index in [2.05, 4.69) is 10.6 Å². The Bertz CT molecular complexity index is 995. The van der Waals surface area contributed by atoms with Crippen molar-refractivity contribution in [3.05, 3.63) is 0 Å². The predicted octanol–water partition coefficient (Wildman–Crippen LogP) is 1.33. The zero-order chi connectivity index (χ0) is 29.3. The maximum atomic E-state index is 14.3. The first-order valence-corrected chi connectivity index (χ1v) is 13.1. The van der Waals surface area contributed by atoms with Crippen molar-refractivity contribution in [2.45, 2.75) is 75.5 Å². The molecule has 0 bridgehead atoms. The number of alkyl halides is 6. The van der Waals surface area contributed by atoms with Crippen molar-refractivity contribution in [1.82, 2.24) is 26.0 Å². The lowest BCUT2D eigenvalue weighted by molar-refractivity contribution is -0.171. The molecule has 0 unspecified atom stereocenters. The highest BCUT2D eigenvalue weighted by atomic mass is 35.5. The van der Waals surface area contributed by atoms with E-state index in [-0.39, 0.29) is 25.8 Å². The fourth-order valence-corrected chi connectivity index (χ4v) is 4.71. The van der Waals surface area contributed by atoms with Crippen LogP contribution in [0.4, 0.5) is 22.0 Å². The number of hydrazine groups is 1. The molecule has 1 saturated carbocycles. The van der Waals surface area contributed by atoms with Crippen molar-refractivity contribution in [1.29, 1.82) is 0 Å². The molecule has 10 nitrogen and oxygen atoms in total. The number of likely N-dealkylation sites (tertiary alicyclic amines) is 1. The number of hydrogen-bond donors (Lipinski definition) is 3. The largest absolute Gasteiger partial charge is 0.393 e. The Morgan fingerprint density at radius 1 is 1.26 bits per heavy atom. The first kappa shape index (κ1) is 30.8. The van der Waals surface area contributed by atoms with Crippen molar-refractivity contribution < 1.29 is 45.9 Å². The number of carbonyl (C=O) groups is 5. The highest BCUT2D eigenvalue weighted by Crippen LogP contribution is 2.41. The number of nitrogens with zero attached hydrogens (tertiary/aromatic N) is 2. The lowest BCUT2D eigenvalue weighted by Crippen LogP contribution is -2.59. The summed E-state index contributed by atoms with van der Waals surface area (Å²) >= 11 is 5.24. The molecule has 3 aliphatic rings. The van der Waals surface area contributed by atoms with E-state index in [9.17, 15) is 45.9 Å². The third-order valence-electron chi connectivity index (χ3n) is 7.47. The Morgan fingerprint density at radius 3 is 2.38 bits per heavy atom. The van der Waals surface area contributed by atoms with Gasteiger partial charge in [-0.1, -0.05) is 31.9 Å². The van der Waals surface area contributed by atoms with Crippen molar-refractivity contribution in [2.24, 2.45) is 17.8 Å². The first-order valence-electron chi connectivity index (χ1n) is 12.6. The zero-order valence-corrected chi connectivity index (χ0v) is 22.1. The maximum absolute atomic E-state index is 14.3. The third-order valence-corrected chi connectivity index (χ3v) is 7.66. The summed E-state index contributed by atoms with van der Waals surface area (Å²) in [6, 6.07) is -3.19.